The molecule has 0 aliphatic heterocycles. The summed E-state index contributed by atoms with van der Waals surface area (Å²) in [6.45, 7) is 8.73. The smallest absolute Gasteiger partial charge is 0.177 e. The molecule has 1 N–H and O–H groups in total. The maximum Gasteiger partial charge on any atom is 0.177 e. The van der Waals surface area contributed by atoms with Crippen LogP contribution in [0.1, 0.15) is 38.9 Å². The Morgan fingerprint density at radius 3 is 2.54 bits per heavy atom. The number of aryl methyl sites for hydroxylation is 1. The van der Waals surface area contributed by atoms with E-state index in [4.69, 9.17) is 12.2 Å². The first-order valence-electron chi connectivity index (χ1n) is 4.84. The fourth-order valence-corrected chi connectivity index (χ4v) is 1.83. The van der Waals surface area contributed by atoms with Crippen molar-refractivity contribution < 1.29 is 0 Å². The van der Waals surface area contributed by atoms with Gasteiger partial charge in [-0.2, -0.15) is 0 Å². The monoisotopic (exact) mass is 198 g/mol. The lowest BCUT2D eigenvalue weighted by molar-refractivity contribution is 0.367. The summed E-state index contributed by atoms with van der Waals surface area (Å²) in [7, 11) is 0. The number of imidazole rings is 1. The van der Waals surface area contributed by atoms with Crippen LogP contribution < -0.4 is 0 Å². The zero-order chi connectivity index (χ0) is 10.0. The minimum absolute atomic E-state index is 0.488. The molecular weight excluding hydrogens is 180 g/mol. The van der Waals surface area contributed by atoms with E-state index >= 15 is 0 Å². The molecule has 0 amide bonds. The van der Waals surface area contributed by atoms with Crippen molar-refractivity contribution in [3.63, 3.8) is 0 Å². The average Bonchev–Trinajstić information content (AvgIpc) is 2.42. The van der Waals surface area contributed by atoms with E-state index < -0.39 is 0 Å². The third-order valence-corrected chi connectivity index (χ3v) is 3.09. The Morgan fingerprint density at radius 1 is 1.54 bits per heavy atom. The summed E-state index contributed by atoms with van der Waals surface area (Å²) < 4.78 is 2.99. The number of hydrogen-bond donors (Lipinski definition) is 1. The van der Waals surface area contributed by atoms with Gasteiger partial charge in [-0.1, -0.05) is 20.3 Å². The van der Waals surface area contributed by atoms with Crippen molar-refractivity contribution in [3.8, 4) is 0 Å². The molecular formula is C10H18N2S. The highest BCUT2D eigenvalue weighted by Crippen LogP contribution is 2.20. The Labute approximate surface area is 85.0 Å². The minimum atomic E-state index is 0.488. The first kappa shape index (κ1) is 10.5. The molecule has 0 aromatic carbocycles. The molecule has 0 radical (unpaired) electrons. The van der Waals surface area contributed by atoms with E-state index in [1.165, 1.54) is 6.42 Å². The van der Waals surface area contributed by atoms with Crippen LogP contribution in [0.3, 0.4) is 0 Å². The summed E-state index contributed by atoms with van der Waals surface area (Å²) in [6.07, 6.45) is 3.28. The fraction of sp³-hybridized carbons (Fsp3) is 0.700. The van der Waals surface area contributed by atoms with E-state index in [0.29, 0.717) is 12.0 Å². The predicted octanol–water partition coefficient (Wildman–Crippen LogP) is 3.46. The molecule has 0 saturated carbocycles. The van der Waals surface area contributed by atoms with Gasteiger partial charge >= 0.3 is 0 Å². The molecule has 0 aliphatic rings. The second-order valence-electron chi connectivity index (χ2n) is 3.78. The summed E-state index contributed by atoms with van der Waals surface area (Å²) in [6, 6.07) is 0.488. The number of nitrogens with zero attached hydrogens (tertiary/aromatic N) is 1. The van der Waals surface area contributed by atoms with Crippen molar-refractivity contribution in [1.29, 1.82) is 0 Å². The SMILES string of the molecule is CCC(C)C(C)n1cc(C)[nH]c1=S. The predicted molar refractivity (Wildman–Crippen MR) is 58.5 cm³/mol. The van der Waals surface area contributed by atoms with Crippen LogP contribution >= 0.6 is 12.2 Å². The van der Waals surface area contributed by atoms with Crippen molar-refractivity contribution in [2.24, 2.45) is 5.92 Å². The molecule has 1 aromatic heterocycles. The van der Waals surface area contributed by atoms with E-state index in [1.807, 2.05) is 6.92 Å². The van der Waals surface area contributed by atoms with Gasteiger partial charge in [-0.3, -0.25) is 0 Å². The molecule has 1 rings (SSSR count). The summed E-state index contributed by atoms with van der Waals surface area (Å²) >= 11 is 5.22. The van der Waals surface area contributed by atoms with Gasteiger partial charge in [0.15, 0.2) is 4.77 Å². The second kappa shape index (κ2) is 4.09. The molecule has 1 aromatic rings. The highest BCUT2D eigenvalue weighted by molar-refractivity contribution is 7.71. The van der Waals surface area contributed by atoms with Crippen LogP contribution in [0.15, 0.2) is 6.20 Å². The number of aromatic nitrogens is 2. The standard InChI is InChI=1S/C10H18N2S/c1-5-7(2)9(4)12-6-8(3)11-10(12)13/h6-7,9H,5H2,1-4H3,(H,11,13). The first-order valence-corrected chi connectivity index (χ1v) is 5.24. The van der Waals surface area contributed by atoms with Gasteiger partial charge in [0.25, 0.3) is 0 Å². The van der Waals surface area contributed by atoms with Gasteiger partial charge in [0.1, 0.15) is 0 Å². The molecule has 0 spiro atoms. The molecule has 74 valence electrons. The lowest BCUT2D eigenvalue weighted by Crippen LogP contribution is -2.12. The zero-order valence-electron chi connectivity index (χ0n) is 8.79. The Hall–Kier alpha value is -0.570. The van der Waals surface area contributed by atoms with E-state index in [9.17, 15) is 0 Å². The van der Waals surface area contributed by atoms with Gasteiger partial charge in [0.2, 0.25) is 0 Å². The highest BCUT2D eigenvalue weighted by Gasteiger charge is 2.12. The van der Waals surface area contributed by atoms with Crippen molar-refractivity contribution in [2.45, 2.75) is 40.2 Å². The van der Waals surface area contributed by atoms with Gasteiger partial charge < -0.3 is 9.55 Å². The van der Waals surface area contributed by atoms with Crippen LogP contribution in [0.4, 0.5) is 0 Å². The quantitative estimate of drug-likeness (QED) is 0.738. The second-order valence-corrected chi connectivity index (χ2v) is 4.16. The molecule has 0 saturated heterocycles. The number of H-pyrrole nitrogens is 1. The van der Waals surface area contributed by atoms with Crippen LogP contribution in [-0.2, 0) is 0 Å². The molecule has 0 bridgehead atoms. The van der Waals surface area contributed by atoms with E-state index in [0.717, 1.165) is 10.5 Å². The Kier molecular flexibility index (Phi) is 3.31. The number of rotatable bonds is 3. The maximum atomic E-state index is 5.22. The van der Waals surface area contributed by atoms with Crippen LogP contribution in [0, 0.1) is 17.6 Å². The van der Waals surface area contributed by atoms with Crippen LogP contribution in [0.5, 0.6) is 0 Å². The van der Waals surface area contributed by atoms with Crippen LogP contribution in [0.2, 0.25) is 0 Å². The van der Waals surface area contributed by atoms with Crippen molar-refractivity contribution in [3.05, 3.63) is 16.7 Å². The van der Waals surface area contributed by atoms with E-state index in [-0.39, 0.29) is 0 Å². The zero-order valence-corrected chi connectivity index (χ0v) is 9.61. The lowest BCUT2D eigenvalue weighted by Gasteiger charge is -2.19. The molecule has 0 fully saturated rings. The first-order chi connectivity index (χ1) is 6.06. The number of hydrogen-bond acceptors (Lipinski definition) is 1. The molecule has 2 atom stereocenters. The summed E-state index contributed by atoms with van der Waals surface area (Å²) in [5, 5.41) is 0. The van der Waals surface area contributed by atoms with Gasteiger partial charge in [-0.15, -0.1) is 0 Å². The largest absolute Gasteiger partial charge is 0.335 e. The van der Waals surface area contributed by atoms with Gasteiger partial charge in [0.05, 0.1) is 0 Å². The molecule has 13 heavy (non-hydrogen) atoms. The van der Waals surface area contributed by atoms with Crippen molar-refractivity contribution >= 4 is 12.2 Å². The van der Waals surface area contributed by atoms with Crippen LogP contribution in [0.25, 0.3) is 0 Å². The third-order valence-electron chi connectivity index (χ3n) is 2.78. The Balaban J connectivity index is 2.94. The van der Waals surface area contributed by atoms with Gasteiger partial charge in [-0.25, -0.2) is 0 Å². The van der Waals surface area contributed by atoms with E-state index in [1.54, 1.807) is 0 Å². The highest BCUT2D eigenvalue weighted by atomic mass is 32.1. The Morgan fingerprint density at radius 2 is 2.15 bits per heavy atom. The normalized spacial score (nSPS) is 15.7. The number of aromatic amines is 1. The molecule has 2 nitrogen and oxygen atoms in total. The van der Waals surface area contributed by atoms with Gasteiger partial charge in [0, 0.05) is 17.9 Å². The van der Waals surface area contributed by atoms with E-state index in [2.05, 4.69) is 36.5 Å². The maximum absolute atomic E-state index is 5.22. The van der Waals surface area contributed by atoms with Crippen molar-refractivity contribution in [2.75, 3.05) is 0 Å². The third kappa shape index (κ3) is 2.21. The Bertz CT molecular complexity index is 324. The fourth-order valence-electron chi connectivity index (χ4n) is 1.45. The summed E-state index contributed by atoms with van der Waals surface area (Å²) in [5.74, 6) is 0.668. The average molecular weight is 198 g/mol. The summed E-state index contributed by atoms with van der Waals surface area (Å²) in [5.41, 5.74) is 1.14. The molecule has 0 aliphatic carbocycles. The molecule has 3 heteroatoms. The topological polar surface area (TPSA) is 20.7 Å². The van der Waals surface area contributed by atoms with Crippen LogP contribution in [-0.4, -0.2) is 9.55 Å². The summed E-state index contributed by atoms with van der Waals surface area (Å²) in [4.78, 5) is 3.15. The number of nitrogens with one attached hydrogen (secondary N) is 1. The minimum Gasteiger partial charge on any atom is -0.335 e. The molecule has 2 unspecified atom stereocenters. The van der Waals surface area contributed by atoms with Gasteiger partial charge in [-0.05, 0) is 32.0 Å². The lowest BCUT2D eigenvalue weighted by atomic mass is 10.0. The van der Waals surface area contributed by atoms with Crippen molar-refractivity contribution in [1.82, 2.24) is 9.55 Å². The molecule has 1 heterocycles.